The average molecular weight is 507 g/mol. The maximum atomic E-state index is 11.9. The van der Waals surface area contributed by atoms with Crippen molar-refractivity contribution < 1.29 is 64.6 Å². The highest BCUT2D eigenvalue weighted by atomic mass is 16.7. The van der Waals surface area contributed by atoms with E-state index in [-0.39, 0.29) is 28.0 Å². The van der Waals surface area contributed by atoms with Crippen molar-refractivity contribution in [3.63, 3.8) is 0 Å². The molecule has 0 spiro atoms. The number of phenolic OH excluding ortho intramolecular Hbond substituents is 5. The lowest BCUT2D eigenvalue weighted by atomic mass is 9.99. The summed E-state index contributed by atoms with van der Waals surface area (Å²) < 4.78 is 16.8. The van der Waals surface area contributed by atoms with Crippen LogP contribution in [0.3, 0.4) is 0 Å². The van der Waals surface area contributed by atoms with Crippen LogP contribution in [0.15, 0.2) is 28.7 Å². The number of hydrogen-bond donors (Lipinski definition) is 9. The third kappa shape index (κ3) is 4.19. The van der Waals surface area contributed by atoms with Gasteiger partial charge in [0.2, 0.25) is 12.0 Å². The van der Waals surface area contributed by atoms with Crippen LogP contribution in [0.2, 0.25) is 0 Å². The van der Waals surface area contributed by atoms with Gasteiger partial charge in [-0.25, -0.2) is 4.42 Å². The van der Waals surface area contributed by atoms with Crippen LogP contribution in [-0.4, -0.2) is 89.1 Å². The number of aromatic hydroxyl groups is 5. The van der Waals surface area contributed by atoms with E-state index in [2.05, 4.69) is 0 Å². The predicted octanol–water partition coefficient (Wildman–Crippen LogP) is 0.290. The van der Waals surface area contributed by atoms with Gasteiger partial charge in [0.25, 0.3) is 0 Å². The lowest BCUT2D eigenvalue weighted by Gasteiger charge is -2.39. The number of carbonyl (C=O) groups is 1. The van der Waals surface area contributed by atoms with Crippen LogP contribution in [0.25, 0.3) is 22.3 Å². The minimum atomic E-state index is -1.82. The van der Waals surface area contributed by atoms with Crippen molar-refractivity contribution in [3.8, 4) is 45.8 Å². The molecular formula is C23H23O13+. The molecule has 1 aliphatic heterocycles. The van der Waals surface area contributed by atoms with Gasteiger partial charge in [-0.2, -0.15) is 0 Å². The van der Waals surface area contributed by atoms with Gasteiger partial charge in [-0.15, -0.1) is 0 Å². The van der Waals surface area contributed by atoms with Crippen molar-refractivity contribution in [2.75, 3.05) is 6.61 Å². The lowest BCUT2D eigenvalue weighted by Crippen LogP contribution is -2.60. The standard InChI is InChI=1S/C23H22O13/c1-7(25)16-10(26)5-13-9(17(16)29)4-14(22(34-13)8-2-11(27)18(30)12(28)3-8)35-23-21(33)20(32)19(31)15(6-24)36-23/h2-5,15,19-21,23-24,31-33H,6H2,1H3,(H4-,25,26,27,28,29,30)/p+1/t15-,19-,20+,21-,23-/m1/s1. The number of hydrogen-bond acceptors (Lipinski definition) is 12. The number of benzene rings is 2. The summed E-state index contributed by atoms with van der Waals surface area (Å²) in [5, 5.41) is 90.2. The molecule has 3 aromatic rings. The molecule has 36 heavy (non-hydrogen) atoms. The molecule has 4 rings (SSSR count). The van der Waals surface area contributed by atoms with E-state index in [1.807, 2.05) is 0 Å². The van der Waals surface area contributed by atoms with Crippen LogP contribution in [0.4, 0.5) is 0 Å². The fourth-order valence-electron chi connectivity index (χ4n) is 3.89. The van der Waals surface area contributed by atoms with E-state index in [0.29, 0.717) is 0 Å². The van der Waals surface area contributed by atoms with Gasteiger partial charge in [0.15, 0.2) is 23.0 Å². The Bertz CT molecular complexity index is 1310. The molecule has 9 N–H and O–H groups in total. The number of aliphatic hydroxyl groups is 4. The molecule has 0 aliphatic carbocycles. The Morgan fingerprint density at radius 3 is 2.14 bits per heavy atom. The molecule has 0 unspecified atom stereocenters. The summed E-state index contributed by atoms with van der Waals surface area (Å²) in [6, 6.07) is 4.15. The van der Waals surface area contributed by atoms with Gasteiger partial charge in [-0.05, 0) is 6.92 Å². The molecule has 2 heterocycles. The summed E-state index contributed by atoms with van der Waals surface area (Å²) in [5.74, 6) is -4.83. The zero-order chi connectivity index (χ0) is 26.5. The van der Waals surface area contributed by atoms with E-state index in [4.69, 9.17) is 13.9 Å². The second-order valence-corrected chi connectivity index (χ2v) is 8.21. The van der Waals surface area contributed by atoms with Gasteiger partial charge < -0.3 is 55.4 Å². The van der Waals surface area contributed by atoms with Gasteiger partial charge in [0, 0.05) is 18.2 Å². The fourth-order valence-corrected chi connectivity index (χ4v) is 3.89. The monoisotopic (exact) mass is 507 g/mol. The molecule has 1 saturated heterocycles. The number of aliphatic hydroxyl groups excluding tert-OH is 4. The molecule has 13 heteroatoms. The molecule has 13 nitrogen and oxygen atoms in total. The molecule has 0 amide bonds. The van der Waals surface area contributed by atoms with E-state index in [9.17, 15) is 50.8 Å². The lowest BCUT2D eigenvalue weighted by molar-refractivity contribution is -0.277. The van der Waals surface area contributed by atoms with Gasteiger partial charge in [0.1, 0.15) is 46.9 Å². The first-order valence-corrected chi connectivity index (χ1v) is 10.5. The van der Waals surface area contributed by atoms with Gasteiger partial charge in [0.05, 0.1) is 18.2 Å². The summed E-state index contributed by atoms with van der Waals surface area (Å²) in [6.45, 7) is 0.376. The maximum Gasteiger partial charge on any atom is 0.402 e. The fraction of sp³-hybridized carbons (Fsp3) is 0.304. The van der Waals surface area contributed by atoms with Crippen molar-refractivity contribution in [2.24, 2.45) is 0 Å². The summed E-state index contributed by atoms with van der Waals surface area (Å²) in [6.07, 6.45) is -8.28. The predicted molar refractivity (Wildman–Crippen MR) is 119 cm³/mol. The zero-order valence-corrected chi connectivity index (χ0v) is 18.6. The van der Waals surface area contributed by atoms with E-state index in [0.717, 1.165) is 31.2 Å². The quantitative estimate of drug-likeness (QED) is 0.129. The van der Waals surface area contributed by atoms with Crippen molar-refractivity contribution in [1.82, 2.24) is 0 Å². The highest BCUT2D eigenvalue weighted by molar-refractivity contribution is 6.05. The molecule has 0 saturated carbocycles. The molecule has 192 valence electrons. The Kier molecular flexibility index (Phi) is 6.51. The van der Waals surface area contributed by atoms with Crippen LogP contribution in [0.5, 0.6) is 34.5 Å². The minimum absolute atomic E-state index is 0.0843. The molecule has 0 bridgehead atoms. The highest BCUT2D eigenvalue weighted by Gasteiger charge is 2.45. The molecule has 2 aromatic carbocycles. The van der Waals surface area contributed by atoms with Crippen molar-refractivity contribution in [3.05, 3.63) is 29.8 Å². The minimum Gasteiger partial charge on any atom is -0.507 e. The second kappa shape index (κ2) is 9.29. The number of ketones is 1. The van der Waals surface area contributed by atoms with Gasteiger partial charge in [-0.1, -0.05) is 0 Å². The number of rotatable bonds is 5. The summed E-state index contributed by atoms with van der Waals surface area (Å²) in [4.78, 5) is 11.9. The summed E-state index contributed by atoms with van der Waals surface area (Å²) in [5.41, 5.74) is -0.665. The van der Waals surface area contributed by atoms with Gasteiger partial charge >= 0.3 is 11.3 Å². The smallest absolute Gasteiger partial charge is 0.402 e. The average Bonchev–Trinajstić information content (AvgIpc) is 2.82. The third-order valence-corrected chi connectivity index (χ3v) is 5.77. The Balaban J connectivity index is 1.93. The van der Waals surface area contributed by atoms with Crippen molar-refractivity contribution in [1.29, 1.82) is 0 Å². The Hall–Kier alpha value is -3.88. The van der Waals surface area contributed by atoms with Crippen LogP contribution in [0, 0.1) is 0 Å². The molecule has 1 aromatic heterocycles. The Labute approximate surface area is 201 Å². The topological polar surface area (TPSA) is 229 Å². The zero-order valence-electron chi connectivity index (χ0n) is 18.6. The van der Waals surface area contributed by atoms with Gasteiger partial charge in [-0.3, -0.25) is 4.79 Å². The first-order chi connectivity index (χ1) is 16.9. The van der Waals surface area contributed by atoms with Crippen molar-refractivity contribution in [2.45, 2.75) is 37.6 Å². The van der Waals surface area contributed by atoms with E-state index in [1.165, 1.54) is 0 Å². The summed E-state index contributed by atoms with van der Waals surface area (Å²) in [7, 11) is 0. The highest BCUT2D eigenvalue weighted by Crippen LogP contribution is 2.46. The largest absolute Gasteiger partial charge is 0.507 e. The van der Waals surface area contributed by atoms with E-state index < -0.39 is 77.4 Å². The second-order valence-electron chi connectivity index (χ2n) is 8.21. The normalized spacial score (nSPS) is 24.1. The third-order valence-electron chi connectivity index (χ3n) is 5.77. The first kappa shape index (κ1) is 25.2. The molecule has 0 radical (unpaired) electrons. The van der Waals surface area contributed by atoms with Crippen molar-refractivity contribution >= 4 is 16.8 Å². The van der Waals surface area contributed by atoms with E-state index in [1.54, 1.807) is 0 Å². The molecular weight excluding hydrogens is 484 g/mol. The SMILES string of the molecule is CC(=O)c1c(O)cc2[o+]c(-c3cc(O)c(O)c(O)c3)c(O[C@@H]3O[C@H](CO)[C@@H](O)[C@H](O)[C@H]3O)cc2c1O. The van der Waals surface area contributed by atoms with Crippen LogP contribution in [0.1, 0.15) is 17.3 Å². The van der Waals surface area contributed by atoms with Crippen LogP contribution in [-0.2, 0) is 4.74 Å². The van der Waals surface area contributed by atoms with Crippen LogP contribution < -0.4 is 4.74 Å². The Morgan fingerprint density at radius 2 is 1.56 bits per heavy atom. The number of ether oxygens (including phenoxy) is 2. The molecule has 5 atom stereocenters. The van der Waals surface area contributed by atoms with Crippen LogP contribution >= 0.6 is 0 Å². The number of carbonyl (C=O) groups excluding carboxylic acids is 1. The molecule has 1 aliphatic rings. The number of fused-ring (bicyclic) bond motifs is 1. The van der Waals surface area contributed by atoms with E-state index >= 15 is 0 Å². The Morgan fingerprint density at radius 1 is 0.917 bits per heavy atom. The number of Topliss-reactive ketones (excluding diaryl/α,β-unsaturated/α-hetero) is 1. The number of phenols is 5. The molecule has 1 fully saturated rings. The maximum absolute atomic E-state index is 11.9. The first-order valence-electron chi connectivity index (χ1n) is 10.5. The summed E-state index contributed by atoms with van der Waals surface area (Å²) >= 11 is 0.